The molecule has 0 bridgehead atoms. The molecule has 1 aliphatic rings. The highest BCUT2D eigenvalue weighted by Crippen LogP contribution is 2.40. The maximum absolute atomic E-state index is 13.4. The maximum atomic E-state index is 13.4. The quantitative estimate of drug-likeness (QED) is 0.648. The van der Waals surface area contributed by atoms with Crippen LogP contribution in [0.2, 0.25) is 5.02 Å². The number of halogens is 1. The summed E-state index contributed by atoms with van der Waals surface area (Å²) in [4.78, 5) is 39.9. The number of carbonyl (C=O) groups is 1. The monoisotopic (exact) mass is 431 g/mol. The molecule has 0 fully saturated rings. The molecule has 1 N–H and O–H groups in total. The van der Waals surface area contributed by atoms with Gasteiger partial charge in [0.2, 0.25) is 0 Å². The van der Waals surface area contributed by atoms with Crippen LogP contribution in [0.25, 0.3) is 5.57 Å². The van der Waals surface area contributed by atoms with Gasteiger partial charge in [-0.1, -0.05) is 37.2 Å². The van der Waals surface area contributed by atoms with Gasteiger partial charge in [0.15, 0.2) is 0 Å². The van der Waals surface area contributed by atoms with Crippen molar-refractivity contribution in [3.8, 4) is 0 Å². The standard InChI is InChI=1S/C22H26ClN3O4/c1-4-16(13-28)18-14(2)19-20(26(18)12-15-6-8-17(23)9-7-15)21(29)25(10-5-11-27)22(30)24(19)3/h6-9,13,16,18,27H,2,4-5,10-12H2,1,3H3. The normalized spacial score (nSPS) is 16.6. The number of aliphatic hydroxyl groups is 1. The van der Waals surface area contributed by atoms with Crippen molar-refractivity contribution in [1.82, 2.24) is 9.13 Å². The molecule has 8 heteroatoms. The zero-order valence-corrected chi connectivity index (χ0v) is 17.9. The first-order valence-corrected chi connectivity index (χ1v) is 10.3. The van der Waals surface area contributed by atoms with Crippen LogP contribution in [0.1, 0.15) is 31.0 Å². The van der Waals surface area contributed by atoms with Gasteiger partial charge in [-0.15, -0.1) is 0 Å². The first-order chi connectivity index (χ1) is 14.3. The highest BCUT2D eigenvalue weighted by atomic mass is 35.5. The molecule has 1 aromatic heterocycles. The Morgan fingerprint density at radius 2 is 1.93 bits per heavy atom. The van der Waals surface area contributed by atoms with Crippen molar-refractivity contribution in [2.45, 2.75) is 38.9 Å². The van der Waals surface area contributed by atoms with Gasteiger partial charge >= 0.3 is 5.69 Å². The average Bonchev–Trinajstić information content (AvgIpc) is 3.01. The predicted molar refractivity (Wildman–Crippen MR) is 118 cm³/mol. The van der Waals surface area contributed by atoms with Crippen LogP contribution >= 0.6 is 11.6 Å². The maximum Gasteiger partial charge on any atom is 0.331 e. The van der Waals surface area contributed by atoms with E-state index in [4.69, 9.17) is 16.7 Å². The highest BCUT2D eigenvalue weighted by Gasteiger charge is 2.41. The lowest BCUT2D eigenvalue weighted by molar-refractivity contribution is -0.111. The summed E-state index contributed by atoms with van der Waals surface area (Å²) in [5.74, 6) is -0.377. The lowest BCUT2D eigenvalue weighted by atomic mass is 9.92. The fraction of sp³-hybridized carbons (Fsp3) is 0.409. The van der Waals surface area contributed by atoms with Gasteiger partial charge in [-0.2, -0.15) is 0 Å². The first kappa shape index (κ1) is 22.1. The van der Waals surface area contributed by atoms with Crippen LogP contribution < -0.4 is 16.1 Å². The van der Waals surface area contributed by atoms with Crippen molar-refractivity contribution in [1.29, 1.82) is 0 Å². The summed E-state index contributed by atoms with van der Waals surface area (Å²) < 4.78 is 2.56. The number of nitrogens with zero attached hydrogens (tertiary/aromatic N) is 3. The molecular formula is C22H26ClN3O4. The second-order valence-electron chi connectivity index (χ2n) is 7.51. The fourth-order valence-electron chi connectivity index (χ4n) is 4.12. The number of anilines is 1. The molecule has 2 aromatic rings. The number of aldehydes is 1. The van der Waals surface area contributed by atoms with Gasteiger partial charge in [0, 0.05) is 37.7 Å². The Kier molecular flexibility index (Phi) is 6.63. The zero-order valence-electron chi connectivity index (χ0n) is 17.2. The molecule has 0 spiro atoms. The molecule has 0 saturated heterocycles. The molecule has 0 aliphatic carbocycles. The number of aromatic nitrogens is 2. The lowest BCUT2D eigenvalue weighted by Crippen LogP contribution is -2.44. The Morgan fingerprint density at radius 1 is 1.27 bits per heavy atom. The molecule has 2 heterocycles. The van der Waals surface area contributed by atoms with Crippen LogP contribution in [0.4, 0.5) is 5.69 Å². The van der Waals surface area contributed by atoms with Crippen LogP contribution in [-0.2, 0) is 24.9 Å². The van der Waals surface area contributed by atoms with Crippen molar-refractivity contribution in [3.63, 3.8) is 0 Å². The summed E-state index contributed by atoms with van der Waals surface area (Å²) in [5, 5.41) is 9.77. The molecule has 7 nitrogen and oxygen atoms in total. The van der Waals surface area contributed by atoms with Gasteiger partial charge in [0.05, 0.1) is 11.7 Å². The van der Waals surface area contributed by atoms with Crippen molar-refractivity contribution < 1.29 is 9.90 Å². The number of aliphatic hydroxyl groups excluding tert-OH is 1. The van der Waals surface area contributed by atoms with E-state index in [2.05, 4.69) is 6.58 Å². The molecule has 30 heavy (non-hydrogen) atoms. The molecular weight excluding hydrogens is 406 g/mol. The number of benzene rings is 1. The van der Waals surface area contributed by atoms with Gasteiger partial charge in [-0.05, 0) is 36.1 Å². The molecule has 1 aliphatic heterocycles. The highest BCUT2D eigenvalue weighted by molar-refractivity contribution is 6.30. The number of hydrogen-bond donors (Lipinski definition) is 1. The van der Waals surface area contributed by atoms with E-state index in [0.29, 0.717) is 41.4 Å². The number of hydrogen-bond acceptors (Lipinski definition) is 5. The first-order valence-electron chi connectivity index (χ1n) is 9.95. The number of rotatable bonds is 8. The molecule has 2 unspecified atom stereocenters. The Hall–Kier alpha value is -2.64. The molecule has 2 atom stereocenters. The van der Waals surface area contributed by atoms with Crippen molar-refractivity contribution in [2.75, 3.05) is 11.5 Å². The van der Waals surface area contributed by atoms with E-state index in [1.807, 2.05) is 24.0 Å². The van der Waals surface area contributed by atoms with Crippen LogP contribution in [-0.4, -0.2) is 33.2 Å². The van der Waals surface area contributed by atoms with E-state index in [-0.39, 0.29) is 19.1 Å². The summed E-state index contributed by atoms with van der Waals surface area (Å²) in [6.07, 6.45) is 1.76. The number of fused-ring (bicyclic) bond motifs is 1. The van der Waals surface area contributed by atoms with Gasteiger partial charge < -0.3 is 14.8 Å². The van der Waals surface area contributed by atoms with E-state index in [0.717, 1.165) is 16.4 Å². The van der Waals surface area contributed by atoms with Gasteiger partial charge in [-0.25, -0.2) is 4.79 Å². The van der Waals surface area contributed by atoms with Crippen LogP contribution in [0.3, 0.4) is 0 Å². The van der Waals surface area contributed by atoms with Crippen molar-refractivity contribution in [3.05, 3.63) is 68.0 Å². The Labute approximate surface area is 179 Å². The van der Waals surface area contributed by atoms with Gasteiger partial charge in [0.25, 0.3) is 5.56 Å². The minimum atomic E-state index is -0.459. The molecule has 0 amide bonds. The van der Waals surface area contributed by atoms with E-state index < -0.39 is 17.3 Å². The second-order valence-corrected chi connectivity index (χ2v) is 7.94. The molecule has 1 aromatic carbocycles. The molecule has 0 saturated carbocycles. The van der Waals surface area contributed by atoms with Crippen LogP contribution in [0, 0.1) is 5.92 Å². The van der Waals surface area contributed by atoms with Gasteiger partial charge in [0.1, 0.15) is 12.0 Å². The second kappa shape index (κ2) is 9.02. The van der Waals surface area contributed by atoms with E-state index in [9.17, 15) is 14.4 Å². The topological polar surface area (TPSA) is 84.5 Å². The predicted octanol–water partition coefficient (Wildman–Crippen LogP) is 2.21. The summed E-state index contributed by atoms with van der Waals surface area (Å²) in [6, 6.07) is 6.86. The van der Waals surface area contributed by atoms with Crippen molar-refractivity contribution in [2.24, 2.45) is 13.0 Å². The summed E-state index contributed by atoms with van der Waals surface area (Å²) in [6.45, 7) is 6.43. The zero-order chi connectivity index (χ0) is 22.0. The summed E-state index contributed by atoms with van der Waals surface area (Å²) in [7, 11) is 1.60. The molecule has 0 radical (unpaired) electrons. The Balaban J connectivity index is 2.22. The molecule has 3 rings (SSSR count). The third kappa shape index (κ3) is 3.75. The van der Waals surface area contributed by atoms with Crippen molar-refractivity contribution >= 4 is 29.1 Å². The largest absolute Gasteiger partial charge is 0.396 e. The van der Waals surface area contributed by atoms with E-state index in [1.54, 1.807) is 19.2 Å². The van der Waals surface area contributed by atoms with E-state index >= 15 is 0 Å². The SMILES string of the molecule is C=C1c2c(c(=O)n(CCCO)c(=O)n2C)N(Cc2ccc(Cl)cc2)C1C(C=O)CC. The minimum absolute atomic E-state index is 0.117. The summed E-state index contributed by atoms with van der Waals surface area (Å²) >= 11 is 6.00. The third-order valence-corrected chi connectivity index (χ3v) is 5.92. The van der Waals surface area contributed by atoms with E-state index in [1.165, 1.54) is 4.57 Å². The average molecular weight is 432 g/mol. The lowest BCUT2D eigenvalue weighted by Gasteiger charge is -2.30. The Morgan fingerprint density at radius 3 is 2.50 bits per heavy atom. The molecule has 160 valence electrons. The smallest absolute Gasteiger partial charge is 0.331 e. The fourth-order valence-corrected chi connectivity index (χ4v) is 4.24. The van der Waals surface area contributed by atoms with Crippen LogP contribution in [0.5, 0.6) is 0 Å². The van der Waals surface area contributed by atoms with Gasteiger partial charge in [-0.3, -0.25) is 13.9 Å². The third-order valence-electron chi connectivity index (χ3n) is 5.67. The minimum Gasteiger partial charge on any atom is -0.396 e. The van der Waals surface area contributed by atoms with Crippen LogP contribution in [0.15, 0.2) is 40.4 Å². The number of carbonyl (C=O) groups excluding carboxylic acids is 1. The summed E-state index contributed by atoms with van der Waals surface area (Å²) in [5.41, 5.74) is 1.44. The Bertz CT molecular complexity index is 1070.